The van der Waals surface area contributed by atoms with Crippen LogP contribution < -0.4 is 14.8 Å². The molecule has 24 heavy (non-hydrogen) atoms. The number of rotatable bonds is 6. The van der Waals surface area contributed by atoms with Crippen molar-refractivity contribution < 1.29 is 19.4 Å². The fourth-order valence-electron chi connectivity index (χ4n) is 2.13. The average molecular weight is 370 g/mol. The number of benzene rings is 2. The Kier molecular flexibility index (Phi) is 6.31. The number of ether oxygens (including phenoxy) is 2. The molecule has 1 atom stereocenters. The summed E-state index contributed by atoms with van der Waals surface area (Å²) in [5, 5.41) is 13.6. The van der Waals surface area contributed by atoms with Crippen LogP contribution in [-0.4, -0.2) is 31.8 Å². The first-order valence-corrected chi connectivity index (χ1v) is 7.85. The lowest BCUT2D eigenvalue weighted by Gasteiger charge is -2.15. The molecule has 2 aromatic rings. The summed E-state index contributed by atoms with van der Waals surface area (Å²) < 4.78 is 10.3. The number of hydrogen-bond donors (Lipinski definition) is 2. The van der Waals surface area contributed by atoms with Crippen LogP contribution in [0.1, 0.15) is 22.0 Å². The minimum atomic E-state index is -0.910. The Morgan fingerprint density at radius 2 is 1.83 bits per heavy atom. The predicted molar refractivity (Wildman–Crippen MR) is 93.3 cm³/mol. The molecule has 0 fully saturated rings. The number of carbonyl (C=O) groups is 1. The van der Waals surface area contributed by atoms with E-state index in [2.05, 4.69) is 5.32 Å². The minimum absolute atomic E-state index is 0.0111. The summed E-state index contributed by atoms with van der Waals surface area (Å²) in [6.07, 6.45) is -0.910. The van der Waals surface area contributed by atoms with Gasteiger partial charge in [0.15, 0.2) is 11.5 Å². The van der Waals surface area contributed by atoms with Gasteiger partial charge in [0.05, 0.1) is 30.9 Å². The zero-order chi connectivity index (χ0) is 17.7. The Morgan fingerprint density at radius 3 is 2.50 bits per heavy atom. The van der Waals surface area contributed by atoms with E-state index >= 15 is 0 Å². The van der Waals surface area contributed by atoms with E-state index in [1.54, 1.807) is 30.3 Å². The molecule has 2 N–H and O–H groups in total. The SMILES string of the molecule is COc1ccc([C@@H](O)CNC(=O)c2cc(Cl)ccc2Cl)cc1OC. The van der Waals surface area contributed by atoms with Crippen molar-refractivity contribution in [1.29, 1.82) is 0 Å². The standard InChI is InChI=1S/C17H17Cl2NO4/c1-23-15-6-3-10(7-16(15)24-2)14(21)9-20-17(22)12-8-11(18)4-5-13(12)19/h3-8,14,21H,9H2,1-2H3,(H,20,22)/t14-/m0/s1. The fourth-order valence-corrected chi connectivity index (χ4v) is 2.51. The summed E-state index contributed by atoms with van der Waals surface area (Å²) >= 11 is 11.9. The van der Waals surface area contributed by atoms with Crippen molar-refractivity contribution >= 4 is 29.1 Å². The van der Waals surface area contributed by atoms with Crippen molar-refractivity contribution in [3.63, 3.8) is 0 Å². The molecule has 0 saturated carbocycles. The Morgan fingerprint density at radius 1 is 1.12 bits per heavy atom. The molecule has 0 aliphatic heterocycles. The fraction of sp³-hybridized carbons (Fsp3) is 0.235. The van der Waals surface area contributed by atoms with E-state index in [4.69, 9.17) is 32.7 Å². The molecule has 0 spiro atoms. The number of nitrogens with one attached hydrogen (secondary N) is 1. The van der Waals surface area contributed by atoms with E-state index in [9.17, 15) is 9.90 Å². The third-order valence-electron chi connectivity index (χ3n) is 3.42. The number of carbonyl (C=O) groups excluding carboxylic acids is 1. The number of aliphatic hydroxyl groups is 1. The van der Waals surface area contributed by atoms with Crippen LogP contribution in [0.5, 0.6) is 11.5 Å². The largest absolute Gasteiger partial charge is 0.493 e. The summed E-state index contributed by atoms with van der Waals surface area (Å²) in [5.74, 6) is 0.642. The van der Waals surface area contributed by atoms with Crippen molar-refractivity contribution in [3.8, 4) is 11.5 Å². The highest BCUT2D eigenvalue weighted by atomic mass is 35.5. The van der Waals surface area contributed by atoms with Gasteiger partial charge < -0.3 is 19.9 Å². The summed E-state index contributed by atoms with van der Waals surface area (Å²) in [6.45, 7) is 0.0111. The first-order valence-electron chi connectivity index (χ1n) is 7.09. The monoisotopic (exact) mass is 369 g/mol. The highest BCUT2D eigenvalue weighted by Gasteiger charge is 2.15. The molecule has 0 saturated heterocycles. The van der Waals surface area contributed by atoms with Crippen molar-refractivity contribution in [2.75, 3.05) is 20.8 Å². The molecule has 0 aromatic heterocycles. The quantitative estimate of drug-likeness (QED) is 0.817. The van der Waals surface area contributed by atoms with Crippen LogP contribution in [-0.2, 0) is 0 Å². The second-order valence-corrected chi connectivity index (χ2v) is 5.81. The molecule has 0 heterocycles. The Labute approximate surface area is 150 Å². The lowest BCUT2D eigenvalue weighted by Crippen LogP contribution is -2.28. The zero-order valence-electron chi connectivity index (χ0n) is 13.2. The number of hydrogen-bond acceptors (Lipinski definition) is 4. The van der Waals surface area contributed by atoms with Gasteiger partial charge in [-0.25, -0.2) is 0 Å². The molecule has 2 rings (SSSR count). The molecular formula is C17H17Cl2NO4. The molecule has 0 radical (unpaired) electrons. The van der Waals surface area contributed by atoms with Crippen LogP contribution in [0.15, 0.2) is 36.4 Å². The van der Waals surface area contributed by atoms with Crippen molar-refractivity contribution in [1.82, 2.24) is 5.32 Å². The highest BCUT2D eigenvalue weighted by molar-refractivity contribution is 6.35. The maximum Gasteiger partial charge on any atom is 0.252 e. The molecule has 1 amide bonds. The Balaban J connectivity index is 2.06. The molecule has 0 bridgehead atoms. The van der Waals surface area contributed by atoms with Crippen molar-refractivity contribution in [2.24, 2.45) is 0 Å². The zero-order valence-corrected chi connectivity index (χ0v) is 14.7. The first kappa shape index (κ1) is 18.4. The molecule has 0 aliphatic carbocycles. The van der Waals surface area contributed by atoms with Crippen LogP contribution in [0.4, 0.5) is 0 Å². The van der Waals surface area contributed by atoms with Gasteiger partial charge in [0, 0.05) is 11.6 Å². The second kappa shape index (κ2) is 8.24. The third kappa shape index (κ3) is 4.32. The molecular weight excluding hydrogens is 353 g/mol. The maximum absolute atomic E-state index is 12.2. The lowest BCUT2D eigenvalue weighted by atomic mass is 10.1. The first-order chi connectivity index (χ1) is 11.5. The molecule has 2 aromatic carbocycles. The molecule has 0 aliphatic rings. The molecule has 0 unspecified atom stereocenters. The summed E-state index contributed by atoms with van der Waals surface area (Å²) in [5.41, 5.74) is 0.841. The molecule has 128 valence electrons. The van der Waals surface area contributed by atoms with Gasteiger partial charge in [0.1, 0.15) is 0 Å². The lowest BCUT2D eigenvalue weighted by molar-refractivity contribution is 0.0916. The van der Waals surface area contributed by atoms with Crippen molar-refractivity contribution in [2.45, 2.75) is 6.10 Å². The van der Waals surface area contributed by atoms with Gasteiger partial charge in [-0.05, 0) is 35.9 Å². The number of halogens is 2. The van der Waals surface area contributed by atoms with Gasteiger partial charge in [0.25, 0.3) is 5.91 Å². The van der Waals surface area contributed by atoms with Gasteiger partial charge in [-0.1, -0.05) is 29.3 Å². The van der Waals surface area contributed by atoms with E-state index in [0.717, 1.165) is 0 Å². The Hall–Kier alpha value is -1.95. The van der Waals surface area contributed by atoms with Gasteiger partial charge in [0.2, 0.25) is 0 Å². The smallest absolute Gasteiger partial charge is 0.252 e. The normalized spacial score (nSPS) is 11.7. The molecule has 7 heteroatoms. The van der Waals surface area contributed by atoms with E-state index in [1.807, 2.05) is 0 Å². The van der Waals surface area contributed by atoms with E-state index < -0.39 is 12.0 Å². The molecule has 5 nitrogen and oxygen atoms in total. The van der Waals surface area contributed by atoms with Gasteiger partial charge in [-0.15, -0.1) is 0 Å². The van der Waals surface area contributed by atoms with Gasteiger partial charge >= 0.3 is 0 Å². The average Bonchev–Trinajstić information content (AvgIpc) is 2.60. The second-order valence-electron chi connectivity index (χ2n) is 4.96. The van der Waals surface area contributed by atoms with Crippen molar-refractivity contribution in [3.05, 3.63) is 57.6 Å². The van der Waals surface area contributed by atoms with Gasteiger partial charge in [-0.3, -0.25) is 4.79 Å². The van der Waals surface area contributed by atoms with Gasteiger partial charge in [-0.2, -0.15) is 0 Å². The maximum atomic E-state index is 12.2. The summed E-state index contributed by atoms with van der Waals surface area (Å²) in [7, 11) is 3.04. The van der Waals surface area contributed by atoms with E-state index in [0.29, 0.717) is 22.1 Å². The number of aliphatic hydroxyl groups excluding tert-OH is 1. The van der Waals surface area contributed by atoms with Crippen LogP contribution in [0.2, 0.25) is 10.0 Å². The van der Waals surface area contributed by atoms with Crippen LogP contribution in [0, 0.1) is 0 Å². The van der Waals surface area contributed by atoms with Crippen LogP contribution >= 0.6 is 23.2 Å². The van der Waals surface area contributed by atoms with Crippen LogP contribution in [0.25, 0.3) is 0 Å². The van der Waals surface area contributed by atoms with E-state index in [-0.39, 0.29) is 17.1 Å². The number of amides is 1. The van der Waals surface area contributed by atoms with E-state index in [1.165, 1.54) is 20.3 Å². The predicted octanol–water partition coefficient (Wildman–Crippen LogP) is 3.47. The number of methoxy groups -OCH3 is 2. The third-order valence-corrected chi connectivity index (χ3v) is 3.99. The summed E-state index contributed by atoms with van der Waals surface area (Å²) in [4.78, 5) is 12.2. The highest BCUT2D eigenvalue weighted by Crippen LogP contribution is 2.30. The van der Waals surface area contributed by atoms with Crippen LogP contribution in [0.3, 0.4) is 0 Å². The summed E-state index contributed by atoms with van der Waals surface area (Å²) in [6, 6.07) is 9.66. The minimum Gasteiger partial charge on any atom is -0.493 e. The Bertz CT molecular complexity index is 737. The topological polar surface area (TPSA) is 67.8 Å².